The lowest BCUT2D eigenvalue weighted by molar-refractivity contribution is -0.120. The molecule has 0 aliphatic rings. The van der Waals surface area contributed by atoms with Gasteiger partial charge in [0.05, 0.1) is 32.5 Å². The maximum absolute atomic E-state index is 12.7. The van der Waals surface area contributed by atoms with Gasteiger partial charge >= 0.3 is 5.97 Å². The van der Waals surface area contributed by atoms with Gasteiger partial charge in [0.1, 0.15) is 5.75 Å². The topological polar surface area (TPSA) is 115 Å². The number of halogens is 1. The number of hydrogen-bond acceptors (Lipinski definition) is 7. The molecular formula is C26H24BrN3O6. The van der Waals surface area contributed by atoms with E-state index >= 15 is 0 Å². The van der Waals surface area contributed by atoms with Crippen molar-refractivity contribution in [3.8, 4) is 17.2 Å². The Labute approximate surface area is 216 Å². The van der Waals surface area contributed by atoms with Crippen LogP contribution in [0.25, 0.3) is 0 Å². The van der Waals surface area contributed by atoms with E-state index in [0.29, 0.717) is 27.1 Å². The van der Waals surface area contributed by atoms with Crippen LogP contribution in [-0.2, 0) is 4.79 Å². The summed E-state index contributed by atoms with van der Waals surface area (Å²) < 4.78 is 16.7. The Morgan fingerprint density at radius 1 is 0.889 bits per heavy atom. The van der Waals surface area contributed by atoms with Gasteiger partial charge in [0.25, 0.3) is 11.8 Å². The second-order valence-electron chi connectivity index (χ2n) is 7.48. The number of ether oxygens (including phenoxy) is 3. The highest BCUT2D eigenvalue weighted by Gasteiger charge is 2.15. The van der Waals surface area contributed by atoms with Crippen molar-refractivity contribution < 1.29 is 28.6 Å². The maximum Gasteiger partial charge on any atom is 0.343 e. The summed E-state index contributed by atoms with van der Waals surface area (Å²) in [5.74, 6) is -0.409. The average Bonchev–Trinajstić information content (AvgIpc) is 2.88. The molecular weight excluding hydrogens is 530 g/mol. The molecule has 0 atom stereocenters. The lowest BCUT2D eigenvalue weighted by Gasteiger charge is -2.11. The predicted octanol–water partition coefficient (Wildman–Crippen LogP) is 3.87. The highest BCUT2D eigenvalue weighted by molar-refractivity contribution is 9.10. The first-order valence-electron chi connectivity index (χ1n) is 10.7. The molecule has 36 heavy (non-hydrogen) atoms. The summed E-state index contributed by atoms with van der Waals surface area (Å²) in [5.41, 5.74) is 4.51. The molecule has 0 saturated carbocycles. The van der Waals surface area contributed by atoms with Crippen LogP contribution in [0.5, 0.6) is 17.2 Å². The summed E-state index contributed by atoms with van der Waals surface area (Å²) in [4.78, 5) is 36.9. The minimum Gasteiger partial charge on any atom is -0.493 e. The number of methoxy groups -OCH3 is 2. The summed E-state index contributed by atoms with van der Waals surface area (Å²) in [7, 11) is 2.97. The van der Waals surface area contributed by atoms with E-state index in [-0.39, 0.29) is 23.8 Å². The van der Waals surface area contributed by atoms with Gasteiger partial charge in [0.2, 0.25) is 0 Å². The third-order valence-corrected chi connectivity index (χ3v) is 5.40. The number of rotatable bonds is 9. The van der Waals surface area contributed by atoms with Crippen molar-refractivity contribution in [2.45, 2.75) is 6.92 Å². The fourth-order valence-corrected chi connectivity index (χ4v) is 3.39. The van der Waals surface area contributed by atoms with Crippen molar-refractivity contribution >= 4 is 39.9 Å². The van der Waals surface area contributed by atoms with E-state index in [4.69, 9.17) is 14.2 Å². The normalized spacial score (nSPS) is 10.6. The van der Waals surface area contributed by atoms with E-state index in [2.05, 4.69) is 31.8 Å². The fourth-order valence-electron chi connectivity index (χ4n) is 3.02. The van der Waals surface area contributed by atoms with E-state index in [1.807, 2.05) is 19.1 Å². The number of hydrogen-bond donors (Lipinski definition) is 2. The average molecular weight is 554 g/mol. The standard InChI is InChI=1S/C26H24BrN3O6/c1-16-4-6-17(7-5-16)25(32)28-15-24(31)30-29-14-19-12-20(27)9-11-21(19)36-26(33)18-8-10-22(34-2)23(13-18)35-3/h4-14H,15H2,1-3H3,(H,28,32)(H,30,31)/b29-14-. The number of carbonyl (C=O) groups excluding carboxylic acids is 3. The van der Waals surface area contributed by atoms with E-state index in [0.717, 1.165) is 5.56 Å². The Balaban J connectivity index is 1.62. The number of nitrogens with one attached hydrogen (secondary N) is 2. The summed E-state index contributed by atoms with van der Waals surface area (Å²) >= 11 is 3.36. The Morgan fingerprint density at radius 2 is 1.56 bits per heavy atom. The SMILES string of the molecule is COc1ccc(C(=O)Oc2ccc(Br)cc2/C=N\NC(=O)CNC(=O)c2ccc(C)cc2)cc1OC. The molecule has 2 N–H and O–H groups in total. The van der Waals surface area contributed by atoms with E-state index in [1.54, 1.807) is 42.5 Å². The highest BCUT2D eigenvalue weighted by atomic mass is 79.9. The van der Waals surface area contributed by atoms with Gasteiger partial charge in [-0.05, 0) is 55.5 Å². The van der Waals surface area contributed by atoms with Gasteiger partial charge in [-0.1, -0.05) is 33.6 Å². The number of esters is 1. The Hall–Kier alpha value is -4.18. The zero-order valence-electron chi connectivity index (χ0n) is 19.8. The fraction of sp³-hybridized carbons (Fsp3) is 0.154. The molecule has 0 saturated heterocycles. The minimum absolute atomic E-state index is 0.226. The van der Waals surface area contributed by atoms with Crippen molar-refractivity contribution in [1.82, 2.24) is 10.7 Å². The molecule has 0 aliphatic heterocycles. The Bertz CT molecular complexity index is 1290. The van der Waals surface area contributed by atoms with Crippen molar-refractivity contribution in [3.63, 3.8) is 0 Å². The van der Waals surface area contributed by atoms with Gasteiger partial charge in [-0.15, -0.1) is 0 Å². The first-order chi connectivity index (χ1) is 17.3. The lowest BCUT2D eigenvalue weighted by atomic mass is 10.1. The monoisotopic (exact) mass is 553 g/mol. The van der Waals surface area contributed by atoms with Crippen LogP contribution >= 0.6 is 15.9 Å². The van der Waals surface area contributed by atoms with Gasteiger partial charge < -0.3 is 19.5 Å². The van der Waals surface area contributed by atoms with Crippen LogP contribution in [0.3, 0.4) is 0 Å². The Kier molecular flexibility index (Phi) is 9.18. The first kappa shape index (κ1) is 26.4. The molecule has 0 aromatic heterocycles. The number of nitrogens with zero attached hydrogens (tertiary/aromatic N) is 1. The van der Waals surface area contributed by atoms with Crippen LogP contribution in [0.2, 0.25) is 0 Å². The molecule has 9 nitrogen and oxygen atoms in total. The van der Waals surface area contributed by atoms with Crippen LogP contribution < -0.4 is 25.0 Å². The molecule has 0 unspecified atom stereocenters. The number of carbonyl (C=O) groups is 3. The molecule has 186 valence electrons. The summed E-state index contributed by atoms with van der Waals surface area (Å²) in [6.07, 6.45) is 1.33. The molecule has 0 bridgehead atoms. The van der Waals surface area contributed by atoms with E-state index in [9.17, 15) is 14.4 Å². The largest absolute Gasteiger partial charge is 0.493 e. The van der Waals surface area contributed by atoms with Crippen LogP contribution in [0.1, 0.15) is 31.8 Å². The van der Waals surface area contributed by atoms with Crippen LogP contribution in [0, 0.1) is 6.92 Å². The lowest BCUT2D eigenvalue weighted by Crippen LogP contribution is -2.34. The van der Waals surface area contributed by atoms with Gasteiger partial charge in [-0.2, -0.15) is 5.10 Å². The zero-order valence-corrected chi connectivity index (χ0v) is 21.4. The summed E-state index contributed by atoms with van der Waals surface area (Å²) in [6, 6.07) is 16.6. The van der Waals surface area contributed by atoms with Crippen molar-refractivity contribution in [2.75, 3.05) is 20.8 Å². The van der Waals surface area contributed by atoms with Gasteiger partial charge in [0, 0.05) is 15.6 Å². The van der Waals surface area contributed by atoms with Crippen molar-refractivity contribution in [3.05, 3.63) is 87.4 Å². The molecule has 3 aromatic carbocycles. The molecule has 3 aromatic rings. The second kappa shape index (κ2) is 12.5. The second-order valence-corrected chi connectivity index (χ2v) is 8.40. The van der Waals surface area contributed by atoms with Gasteiger partial charge in [-0.25, -0.2) is 10.2 Å². The third-order valence-electron chi connectivity index (χ3n) is 4.91. The van der Waals surface area contributed by atoms with Gasteiger partial charge in [0.15, 0.2) is 11.5 Å². The van der Waals surface area contributed by atoms with Crippen LogP contribution in [-0.4, -0.2) is 44.8 Å². The molecule has 0 aliphatic carbocycles. The molecule has 10 heteroatoms. The molecule has 0 fully saturated rings. The van der Waals surface area contributed by atoms with Crippen molar-refractivity contribution in [2.24, 2.45) is 5.10 Å². The van der Waals surface area contributed by atoms with Gasteiger partial charge in [-0.3, -0.25) is 9.59 Å². The molecule has 0 spiro atoms. The number of amides is 2. The smallest absolute Gasteiger partial charge is 0.343 e. The molecule has 0 radical (unpaired) electrons. The first-order valence-corrected chi connectivity index (χ1v) is 11.5. The minimum atomic E-state index is -0.615. The predicted molar refractivity (Wildman–Crippen MR) is 138 cm³/mol. The van der Waals surface area contributed by atoms with Crippen LogP contribution in [0.15, 0.2) is 70.2 Å². The molecule has 2 amide bonds. The summed E-state index contributed by atoms with van der Waals surface area (Å²) in [5, 5.41) is 6.44. The van der Waals surface area contributed by atoms with E-state index in [1.165, 1.54) is 26.5 Å². The van der Waals surface area contributed by atoms with Crippen LogP contribution in [0.4, 0.5) is 0 Å². The molecule has 0 heterocycles. The number of benzene rings is 3. The zero-order chi connectivity index (χ0) is 26.1. The quantitative estimate of drug-likeness (QED) is 0.180. The Morgan fingerprint density at radius 3 is 2.25 bits per heavy atom. The maximum atomic E-state index is 12.7. The van der Waals surface area contributed by atoms with Crippen molar-refractivity contribution in [1.29, 1.82) is 0 Å². The van der Waals surface area contributed by atoms with E-state index < -0.39 is 11.9 Å². The molecule has 3 rings (SSSR count). The number of hydrazone groups is 1. The third kappa shape index (κ3) is 7.16. The summed E-state index contributed by atoms with van der Waals surface area (Å²) in [6.45, 7) is 1.66. The highest BCUT2D eigenvalue weighted by Crippen LogP contribution is 2.29. The number of aryl methyl sites for hydroxylation is 1.